The van der Waals surface area contributed by atoms with Crippen molar-refractivity contribution in [1.82, 2.24) is 30.5 Å². The van der Waals surface area contributed by atoms with Gasteiger partial charge in [0.05, 0.1) is 12.6 Å². The number of hydrogen-bond donors (Lipinski definition) is 2. The number of nitrogens with one attached hydrogen (secondary N) is 2. The summed E-state index contributed by atoms with van der Waals surface area (Å²) < 4.78 is 12.6. The fourth-order valence-electron chi connectivity index (χ4n) is 2.76. The average molecular weight is 446 g/mol. The summed E-state index contributed by atoms with van der Waals surface area (Å²) in [6.45, 7) is 5.81. The fraction of sp³-hybridized carbons (Fsp3) is 0.350. The van der Waals surface area contributed by atoms with Crippen molar-refractivity contribution in [3.8, 4) is 17.3 Å². The van der Waals surface area contributed by atoms with Gasteiger partial charge >= 0.3 is 6.03 Å². The van der Waals surface area contributed by atoms with Crippen LogP contribution in [0.3, 0.4) is 0 Å². The van der Waals surface area contributed by atoms with Gasteiger partial charge in [0.15, 0.2) is 5.82 Å². The summed E-state index contributed by atoms with van der Waals surface area (Å²) in [5, 5.41) is 17.7. The first-order valence-electron chi connectivity index (χ1n) is 9.61. The molecule has 0 saturated heterocycles. The molecule has 0 fully saturated rings. The third-order valence-electron chi connectivity index (χ3n) is 4.74. The van der Waals surface area contributed by atoms with Gasteiger partial charge in [0.25, 0.3) is 0 Å². The van der Waals surface area contributed by atoms with Crippen LogP contribution >= 0.6 is 11.6 Å². The number of tetrazole rings is 1. The fourth-order valence-corrected chi connectivity index (χ4v) is 2.93. The van der Waals surface area contributed by atoms with Crippen molar-refractivity contribution in [2.75, 3.05) is 19.0 Å². The minimum absolute atomic E-state index is 0.200. The zero-order valence-electron chi connectivity index (χ0n) is 17.7. The molecule has 2 N–H and O–H groups in total. The Morgan fingerprint density at radius 3 is 2.77 bits per heavy atom. The highest BCUT2D eigenvalue weighted by Crippen LogP contribution is 2.27. The zero-order chi connectivity index (χ0) is 22.4. The Hall–Kier alpha value is -3.40. The minimum Gasteiger partial charge on any atom is -0.494 e. The number of carbonyl (C=O) groups excluding carboxylic acids is 1. The molecule has 0 spiro atoms. The van der Waals surface area contributed by atoms with E-state index in [-0.39, 0.29) is 12.6 Å². The summed E-state index contributed by atoms with van der Waals surface area (Å²) in [6, 6.07) is 8.23. The predicted octanol–water partition coefficient (Wildman–Crippen LogP) is 3.40. The van der Waals surface area contributed by atoms with Crippen LogP contribution in [0, 0.1) is 6.92 Å². The second kappa shape index (κ2) is 9.61. The number of benzene rings is 1. The number of rotatable bonds is 8. The van der Waals surface area contributed by atoms with Gasteiger partial charge in [-0.1, -0.05) is 18.5 Å². The van der Waals surface area contributed by atoms with Crippen LogP contribution in [0.1, 0.15) is 26.1 Å². The summed E-state index contributed by atoms with van der Waals surface area (Å²) in [4.78, 5) is 16.8. The Labute approximate surface area is 184 Å². The molecule has 0 bridgehead atoms. The van der Waals surface area contributed by atoms with Crippen molar-refractivity contribution >= 4 is 23.3 Å². The van der Waals surface area contributed by atoms with E-state index in [0.717, 1.165) is 0 Å². The van der Waals surface area contributed by atoms with Gasteiger partial charge in [-0.25, -0.2) is 9.78 Å². The number of urea groups is 1. The lowest BCUT2D eigenvalue weighted by Gasteiger charge is -2.29. The molecule has 10 nitrogen and oxygen atoms in total. The van der Waals surface area contributed by atoms with Gasteiger partial charge in [-0.3, -0.25) is 0 Å². The van der Waals surface area contributed by atoms with E-state index in [1.807, 2.05) is 13.8 Å². The van der Waals surface area contributed by atoms with E-state index in [1.165, 1.54) is 4.68 Å². The van der Waals surface area contributed by atoms with E-state index < -0.39 is 5.54 Å². The lowest BCUT2D eigenvalue weighted by atomic mass is 10.0. The maximum Gasteiger partial charge on any atom is 0.319 e. The Balaban J connectivity index is 1.70. The van der Waals surface area contributed by atoms with E-state index in [0.29, 0.717) is 40.3 Å². The van der Waals surface area contributed by atoms with Crippen molar-refractivity contribution in [2.24, 2.45) is 0 Å². The highest BCUT2D eigenvalue weighted by atomic mass is 35.5. The van der Waals surface area contributed by atoms with E-state index >= 15 is 0 Å². The Morgan fingerprint density at radius 1 is 1.32 bits per heavy atom. The first-order chi connectivity index (χ1) is 14.8. The molecule has 1 aromatic carbocycles. The maximum atomic E-state index is 12.7. The molecule has 2 heterocycles. The van der Waals surface area contributed by atoms with Crippen LogP contribution in [0.4, 0.5) is 10.5 Å². The SMILES string of the molecule is CCC(C)(COc1ncccc1Cl)NC(=O)Nc1ccc(OC)c(-n2nnnc2C)c1. The van der Waals surface area contributed by atoms with Gasteiger partial charge < -0.3 is 20.1 Å². The monoisotopic (exact) mass is 445 g/mol. The Morgan fingerprint density at radius 2 is 2.13 bits per heavy atom. The molecular formula is C20H24ClN7O3. The highest BCUT2D eigenvalue weighted by Gasteiger charge is 2.26. The number of pyridine rings is 1. The molecule has 3 aromatic rings. The topological polar surface area (TPSA) is 116 Å². The molecule has 31 heavy (non-hydrogen) atoms. The van der Waals surface area contributed by atoms with Gasteiger partial charge in [0.2, 0.25) is 5.88 Å². The standard InChI is InChI=1S/C20H24ClN7O3/c1-5-20(3,12-31-18-15(21)7-6-10-22-18)24-19(29)23-14-8-9-17(30-4)16(11-14)28-13(2)25-26-27-28/h6-11H,5,12H2,1-4H3,(H2,23,24,29). The quantitative estimate of drug-likeness (QED) is 0.545. The molecule has 2 amide bonds. The number of nitrogens with zero attached hydrogens (tertiary/aromatic N) is 5. The van der Waals surface area contributed by atoms with Gasteiger partial charge in [-0.2, -0.15) is 4.68 Å². The largest absolute Gasteiger partial charge is 0.494 e. The molecule has 0 aliphatic carbocycles. The van der Waals surface area contributed by atoms with Crippen LogP contribution in [-0.2, 0) is 0 Å². The number of hydrogen-bond acceptors (Lipinski definition) is 7. The number of methoxy groups -OCH3 is 1. The van der Waals surface area contributed by atoms with Gasteiger partial charge in [0.1, 0.15) is 23.1 Å². The lowest BCUT2D eigenvalue weighted by Crippen LogP contribution is -2.51. The van der Waals surface area contributed by atoms with Crippen LogP contribution in [0.25, 0.3) is 5.69 Å². The van der Waals surface area contributed by atoms with Crippen molar-refractivity contribution in [3.63, 3.8) is 0 Å². The molecule has 11 heteroatoms. The van der Waals surface area contributed by atoms with Crippen LogP contribution < -0.4 is 20.1 Å². The molecule has 2 aromatic heterocycles. The van der Waals surface area contributed by atoms with Gasteiger partial charge in [-0.15, -0.1) is 5.10 Å². The van der Waals surface area contributed by atoms with Crippen LogP contribution in [0.15, 0.2) is 36.5 Å². The van der Waals surface area contributed by atoms with Crippen molar-refractivity contribution < 1.29 is 14.3 Å². The van der Waals surface area contributed by atoms with Gasteiger partial charge in [-0.05, 0) is 61.0 Å². The number of aryl methyl sites for hydroxylation is 1. The van der Waals surface area contributed by atoms with Crippen LogP contribution in [0.2, 0.25) is 5.02 Å². The molecule has 1 unspecified atom stereocenters. The first-order valence-corrected chi connectivity index (χ1v) is 9.99. The molecule has 0 aliphatic heterocycles. The zero-order valence-corrected chi connectivity index (χ0v) is 18.5. The second-order valence-electron chi connectivity index (χ2n) is 7.10. The smallest absolute Gasteiger partial charge is 0.319 e. The third-order valence-corrected chi connectivity index (χ3v) is 5.03. The molecule has 0 saturated carbocycles. The molecular weight excluding hydrogens is 422 g/mol. The lowest BCUT2D eigenvalue weighted by molar-refractivity contribution is 0.183. The van der Waals surface area contributed by atoms with Gasteiger partial charge in [0, 0.05) is 11.9 Å². The van der Waals surface area contributed by atoms with Crippen molar-refractivity contribution in [3.05, 3.63) is 47.4 Å². The molecule has 3 rings (SSSR count). The number of anilines is 1. The second-order valence-corrected chi connectivity index (χ2v) is 7.50. The molecule has 164 valence electrons. The number of ether oxygens (including phenoxy) is 2. The maximum absolute atomic E-state index is 12.7. The summed E-state index contributed by atoms with van der Waals surface area (Å²) in [5.74, 6) is 1.48. The summed E-state index contributed by atoms with van der Waals surface area (Å²) in [7, 11) is 1.55. The van der Waals surface area contributed by atoms with E-state index in [1.54, 1.807) is 50.6 Å². The number of halogens is 1. The summed E-state index contributed by atoms with van der Waals surface area (Å²) in [6.07, 6.45) is 2.22. The Kier molecular flexibility index (Phi) is 6.91. The number of amides is 2. The van der Waals surface area contributed by atoms with E-state index in [4.69, 9.17) is 21.1 Å². The average Bonchev–Trinajstić information content (AvgIpc) is 3.18. The van der Waals surface area contributed by atoms with E-state index in [9.17, 15) is 4.79 Å². The van der Waals surface area contributed by atoms with Crippen molar-refractivity contribution in [1.29, 1.82) is 0 Å². The first kappa shape index (κ1) is 22.3. The molecule has 0 radical (unpaired) electrons. The predicted molar refractivity (Wildman–Crippen MR) is 116 cm³/mol. The van der Waals surface area contributed by atoms with Crippen LogP contribution in [-0.4, -0.2) is 50.5 Å². The molecule has 0 aliphatic rings. The number of carbonyl (C=O) groups is 1. The van der Waals surface area contributed by atoms with Crippen molar-refractivity contribution in [2.45, 2.75) is 32.7 Å². The minimum atomic E-state index is -0.646. The summed E-state index contributed by atoms with van der Waals surface area (Å²) >= 11 is 6.09. The van der Waals surface area contributed by atoms with E-state index in [2.05, 4.69) is 31.1 Å². The third kappa shape index (κ3) is 5.40. The molecule has 1 atom stereocenters. The highest BCUT2D eigenvalue weighted by molar-refractivity contribution is 6.31. The number of aromatic nitrogens is 5. The van der Waals surface area contributed by atoms with Crippen LogP contribution in [0.5, 0.6) is 11.6 Å². The Bertz CT molecular complexity index is 1060. The normalized spacial score (nSPS) is 12.7. The summed E-state index contributed by atoms with van der Waals surface area (Å²) in [5.41, 5.74) is 0.511.